The largest absolute Gasteiger partial charge is 0.392 e. The van der Waals surface area contributed by atoms with Gasteiger partial charge in [0, 0.05) is 16.8 Å². The number of amides is 1. The van der Waals surface area contributed by atoms with E-state index >= 15 is 0 Å². The summed E-state index contributed by atoms with van der Waals surface area (Å²) in [7, 11) is 0. The van der Waals surface area contributed by atoms with Crippen LogP contribution in [0.15, 0.2) is 48.5 Å². The molecule has 0 aliphatic rings. The van der Waals surface area contributed by atoms with E-state index in [9.17, 15) is 9.90 Å². The number of hydrogen-bond donors (Lipinski definition) is 3. The fraction of sp³-hybridized carbons (Fsp3) is 0.188. The van der Waals surface area contributed by atoms with Gasteiger partial charge in [0.15, 0.2) is 0 Å². The molecular weight excluding hydrogens is 254 g/mol. The number of rotatable bonds is 4. The van der Waals surface area contributed by atoms with Crippen molar-refractivity contribution in [1.82, 2.24) is 0 Å². The lowest BCUT2D eigenvalue weighted by Crippen LogP contribution is -2.14. The number of hydrogen-bond acceptors (Lipinski definition) is 3. The van der Waals surface area contributed by atoms with Crippen LogP contribution in [-0.4, -0.2) is 16.1 Å². The van der Waals surface area contributed by atoms with Crippen molar-refractivity contribution in [1.29, 1.82) is 0 Å². The lowest BCUT2D eigenvalue weighted by Gasteiger charge is -2.13. The quantitative estimate of drug-likeness (QED) is 0.800. The predicted molar refractivity (Wildman–Crippen MR) is 77.4 cm³/mol. The normalized spacial score (nSPS) is 11.9. The summed E-state index contributed by atoms with van der Waals surface area (Å²) in [5.74, 6) is -0.248. The molecule has 0 bridgehead atoms. The van der Waals surface area contributed by atoms with E-state index in [0.29, 0.717) is 16.8 Å². The second-order valence-electron chi connectivity index (χ2n) is 4.57. The minimum atomic E-state index is -0.650. The van der Waals surface area contributed by atoms with Crippen molar-refractivity contribution in [2.45, 2.75) is 19.6 Å². The summed E-state index contributed by atoms with van der Waals surface area (Å²) in [4.78, 5) is 12.1. The molecule has 4 nitrogen and oxygen atoms in total. The zero-order valence-electron chi connectivity index (χ0n) is 11.2. The number of benzene rings is 2. The molecule has 0 radical (unpaired) electrons. The molecule has 20 heavy (non-hydrogen) atoms. The zero-order chi connectivity index (χ0) is 14.5. The highest BCUT2D eigenvalue weighted by atomic mass is 16.3. The van der Waals surface area contributed by atoms with Gasteiger partial charge in [0.05, 0.1) is 12.7 Å². The molecule has 0 fully saturated rings. The van der Waals surface area contributed by atoms with Crippen molar-refractivity contribution in [3.63, 3.8) is 0 Å². The lowest BCUT2D eigenvalue weighted by molar-refractivity contribution is 0.102. The van der Waals surface area contributed by atoms with Crippen molar-refractivity contribution in [2.75, 3.05) is 5.32 Å². The number of carbonyl (C=O) groups excluding carboxylic acids is 1. The first kappa shape index (κ1) is 14.2. The Labute approximate surface area is 117 Å². The maximum Gasteiger partial charge on any atom is 0.255 e. The first-order chi connectivity index (χ1) is 9.61. The molecule has 4 heteroatoms. The summed E-state index contributed by atoms with van der Waals surface area (Å²) in [5, 5.41) is 21.4. The van der Waals surface area contributed by atoms with Crippen LogP contribution in [0.4, 0.5) is 5.69 Å². The Kier molecular flexibility index (Phi) is 4.50. The molecule has 2 aromatic carbocycles. The van der Waals surface area contributed by atoms with Crippen LogP contribution >= 0.6 is 0 Å². The van der Waals surface area contributed by atoms with Gasteiger partial charge in [-0.2, -0.15) is 0 Å². The second kappa shape index (κ2) is 6.32. The number of carbonyl (C=O) groups is 1. The Bertz CT molecular complexity index is 591. The minimum absolute atomic E-state index is 0.0488. The number of para-hydroxylation sites is 1. The summed E-state index contributed by atoms with van der Waals surface area (Å²) in [6.07, 6.45) is -0.650. The highest BCUT2D eigenvalue weighted by Gasteiger charge is 2.11. The number of anilines is 1. The van der Waals surface area contributed by atoms with E-state index in [0.717, 1.165) is 5.56 Å². The summed E-state index contributed by atoms with van der Waals surface area (Å²) >= 11 is 0. The number of aliphatic hydroxyl groups is 2. The minimum Gasteiger partial charge on any atom is -0.392 e. The van der Waals surface area contributed by atoms with Crippen LogP contribution in [0, 0.1) is 0 Å². The van der Waals surface area contributed by atoms with Gasteiger partial charge in [-0.15, -0.1) is 0 Å². The molecule has 3 N–H and O–H groups in total. The van der Waals surface area contributed by atoms with Crippen LogP contribution in [-0.2, 0) is 6.61 Å². The highest BCUT2D eigenvalue weighted by molar-refractivity contribution is 6.04. The van der Waals surface area contributed by atoms with Crippen molar-refractivity contribution in [2.24, 2.45) is 0 Å². The first-order valence-corrected chi connectivity index (χ1v) is 6.40. The third-order valence-electron chi connectivity index (χ3n) is 3.06. The summed E-state index contributed by atoms with van der Waals surface area (Å²) in [6, 6.07) is 13.9. The molecule has 104 valence electrons. The molecule has 1 amide bonds. The van der Waals surface area contributed by atoms with Crippen molar-refractivity contribution >= 4 is 11.6 Å². The first-order valence-electron chi connectivity index (χ1n) is 6.40. The number of aliphatic hydroxyl groups excluding tert-OH is 2. The van der Waals surface area contributed by atoms with Gasteiger partial charge in [-0.05, 0) is 30.7 Å². The average Bonchev–Trinajstić information content (AvgIpc) is 2.47. The molecule has 0 saturated heterocycles. The molecule has 2 aromatic rings. The molecule has 0 heterocycles. The molecule has 0 aromatic heterocycles. The van der Waals surface area contributed by atoms with Gasteiger partial charge in [0.25, 0.3) is 5.91 Å². The van der Waals surface area contributed by atoms with Crippen molar-refractivity contribution in [3.8, 4) is 0 Å². The van der Waals surface area contributed by atoms with Crippen LogP contribution in [0.2, 0.25) is 0 Å². The average molecular weight is 271 g/mol. The second-order valence-corrected chi connectivity index (χ2v) is 4.57. The van der Waals surface area contributed by atoms with Gasteiger partial charge < -0.3 is 15.5 Å². The fourth-order valence-corrected chi connectivity index (χ4v) is 1.93. The molecule has 0 saturated carbocycles. The van der Waals surface area contributed by atoms with Crippen LogP contribution < -0.4 is 5.32 Å². The summed E-state index contributed by atoms with van der Waals surface area (Å²) < 4.78 is 0. The van der Waals surface area contributed by atoms with Gasteiger partial charge in [0.1, 0.15) is 0 Å². The van der Waals surface area contributed by atoms with Gasteiger partial charge in [-0.25, -0.2) is 0 Å². The van der Waals surface area contributed by atoms with Crippen molar-refractivity contribution in [3.05, 3.63) is 65.2 Å². The van der Waals surface area contributed by atoms with Gasteiger partial charge in [-0.3, -0.25) is 4.79 Å². The Hall–Kier alpha value is -2.17. The zero-order valence-corrected chi connectivity index (χ0v) is 11.2. The topological polar surface area (TPSA) is 69.6 Å². The molecule has 1 unspecified atom stereocenters. The van der Waals surface area contributed by atoms with Crippen molar-refractivity contribution < 1.29 is 15.0 Å². The van der Waals surface area contributed by atoms with E-state index in [2.05, 4.69) is 5.32 Å². The summed E-state index contributed by atoms with van der Waals surface area (Å²) in [5.41, 5.74) is 2.53. The Morgan fingerprint density at radius 3 is 2.40 bits per heavy atom. The SMILES string of the molecule is CC(O)c1ccccc1NC(=O)c1ccc(CO)cc1. The molecular formula is C16H17NO3. The van der Waals surface area contributed by atoms with Crippen LogP contribution in [0.25, 0.3) is 0 Å². The Balaban J connectivity index is 2.19. The van der Waals surface area contributed by atoms with Gasteiger partial charge in [0.2, 0.25) is 0 Å². The Morgan fingerprint density at radius 2 is 1.80 bits per heavy atom. The van der Waals surface area contributed by atoms with E-state index in [1.165, 1.54) is 0 Å². The molecule has 0 aliphatic carbocycles. The van der Waals surface area contributed by atoms with Gasteiger partial charge in [-0.1, -0.05) is 30.3 Å². The number of nitrogens with one attached hydrogen (secondary N) is 1. The molecule has 0 aliphatic heterocycles. The maximum atomic E-state index is 12.1. The molecule has 0 spiro atoms. The van der Waals surface area contributed by atoms with Crippen LogP contribution in [0.1, 0.15) is 34.5 Å². The van der Waals surface area contributed by atoms with Gasteiger partial charge >= 0.3 is 0 Å². The maximum absolute atomic E-state index is 12.1. The van der Waals surface area contributed by atoms with E-state index in [1.807, 2.05) is 6.07 Å². The van der Waals surface area contributed by atoms with E-state index in [-0.39, 0.29) is 12.5 Å². The van der Waals surface area contributed by atoms with Crippen LogP contribution in [0.3, 0.4) is 0 Å². The van der Waals surface area contributed by atoms with E-state index in [4.69, 9.17) is 5.11 Å². The molecule has 2 rings (SSSR count). The van der Waals surface area contributed by atoms with E-state index < -0.39 is 6.10 Å². The highest BCUT2D eigenvalue weighted by Crippen LogP contribution is 2.22. The fourth-order valence-electron chi connectivity index (χ4n) is 1.93. The Morgan fingerprint density at radius 1 is 1.15 bits per heavy atom. The van der Waals surface area contributed by atoms with E-state index in [1.54, 1.807) is 49.4 Å². The third kappa shape index (κ3) is 3.23. The van der Waals surface area contributed by atoms with Crippen LogP contribution in [0.5, 0.6) is 0 Å². The third-order valence-corrected chi connectivity index (χ3v) is 3.06. The monoisotopic (exact) mass is 271 g/mol. The molecule has 1 atom stereocenters. The lowest BCUT2D eigenvalue weighted by atomic mass is 10.1. The predicted octanol–water partition coefficient (Wildman–Crippen LogP) is 2.48. The summed E-state index contributed by atoms with van der Waals surface area (Å²) in [6.45, 7) is 1.60. The smallest absolute Gasteiger partial charge is 0.255 e. The standard InChI is InChI=1S/C16H17NO3/c1-11(19)14-4-2-3-5-15(14)17-16(20)13-8-6-12(10-18)7-9-13/h2-9,11,18-19H,10H2,1H3,(H,17,20).